The third kappa shape index (κ3) is 1.97. The first-order chi connectivity index (χ1) is 8.95. The maximum absolute atomic E-state index is 11.6. The lowest BCUT2D eigenvalue weighted by atomic mass is 10.3. The lowest BCUT2D eigenvalue weighted by Crippen LogP contribution is -2.16. The topological polar surface area (TPSA) is 137 Å². The number of carboxylic acid groups (broad SMARTS) is 1. The number of rotatable bonds is 3. The van der Waals surface area contributed by atoms with Crippen LogP contribution in [0.5, 0.6) is 0 Å². The second-order valence-electron chi connectivity index (χ2n) is 3.48. The predicted octanol–water partition coefficient (Wildman–Crippen LogP) is -0.687. The van der Waals surface area contributed by atoms with Gasteiger partial charge in [0.1, 0.15) is 5.56 Å². The van der Waals surface area contributed by atoms with E-state index in [-0.39, 0.29) is 16.9 Å². The summed E-state index contributed by atoms with van der Waals surface area (Å²) in [6.45, 7) is 0. The Bertz CT molecular complexity index is 705. The molecule has 9 nitrogen and oxygen atoms in total. The molecule has 0 bridgehead atoms. The van der Waals surface area contributed by atoms with E-state index in [9.17, 15) is 14.4 Å². The van der Waals surface area contributed by atoms with Crippen molar-refractivity contribution in [3.8, 4) is 0 Å². The van der Waals surface area contributed by atoms with Gasteiger partial charge in [0, 0.05) is 6.07 Å². The van der Waals surface area contributed by atoms with Gasteiger partial charge in [-0.1, -0.05) is 0 Å². The van der Waals surface area contributed by atoms with Crippen LogP contribution < -0.4 is 5.73 Å². The van der Waals surface area contributed by atoms with Crippen molar-refractivity contribution in [2.24, 2.45) is 5.73 Å². The summed E-state index contributed by atoms with van der Waals surface area (Å²) in [6.07, 6.45) is 1.10. The van der Waals surface area contributed by atoms with Gasteiger partial charge in [0.15, 0.2) is 17.0 Å². The molecule has 0 radical (unpaired) electrons. The van der Waals surface area contributed by atoms with Gasteiger partial charge >= 0.3 is 11.9 Å². The van der Waals surface area contributed by atoms with E-state index in [4.69, 9.17) is 10.8 Å². The maximum Gasteiger partial charge on any atom is 0.356 e. The number of esters is 1. The van der Waals surface area contributed by atoms with Crippen molar-refractivity contribution in [1.82, 2.24) is 14.6 Å². The average molecular weight is 264 g/mol. The van der Waals surface area contributed by atoms with Crippen molar-refractivity contribution in [3.05, 3.63) is 29.2 Å². The summed E-state index contributed by atoms with van der Waals surface area (Å²) < 4.78 is 5.51. The number of nitrogens with two attached hydrogens (primary N) is 1. The second-order valence-corrected chi connectivity index (χ2v) is 3.48. The summed E-state index contributed by atoms with van der Waals surface area (Å²) in [4.78, 5) is 37.4. The van der Waals surface area contributed by atoms with Gasteiger partial charge in [0.05, 0.1) is 13.3 Å². The number of fused-ring (bicyclic) bond motifs is 1. The Hall–Kier alpha value is -2.97. The van der Waals surface area contributed by atoms with Gasteiger partial charge in [-0.2, -0.15) is 5.10 Å². The summed E-state index contributed by atoms with van der Waals surface area (Å²) in [5.41, 5.74) is 4.32. The molecule has 19 heavy (non-hydrogen) atoms. The fourth-order valence-corrected chi connectivity index (χ4v) is 1.50. The molecule has 3 N–H and O–H groups in total. The van der Waals surface area contributed by atoms with Crippen LogP contribution in [0.15, 0.2) is 12.3 Å². The van der Waals surface area contributed by atoms with E-state index in [0.717, 1.165) is 23.9 Å². The van der Waals surface area contributed by atoms with E-state index in [1.54, 1.807) is 0 Å². The van der Waals surface area contributed by atoms with E-state index < -0.39 is 23.5 Å². The van der Waals surface area contributed by atoms with E-state index in [1.165, 1.54) is 0 Å². The molecule has 0 aliphatic carbocycles. The molecule has 0 fully saturated rings. The Morgan fingerprint density at radius 2 is 2.11 bits per heavy atom. The Labute approximate surface area is 105 Å². The Morgan fingerprint density at radius 1 is 1.42 bits per heavy atom. The number of carboxylic acids is 1. The van der Waals surface area contributed by atoms with Crippen LogP contribution in [0, 0.1) is 0 Å². The summed E-state index contributed by atoms with van der Waals surface area (Å²) in [5, 5.41) is 12.7. The molecule has 0 atom stereocenters. The van der Waals surface area contributed by atoms with E-state index in [0.29, 0.717) is 0 Å². The molecule has 98 valence electrons. The van der Waals surface area contributed by atoms with E-state index in [2.05, 4.69) is 14.8 Å². The highest BCUT2D eigenvalue weighted by Gasteiger charge is 2.21. The van der Waals surface area contributed by atoms with Crippen LogP contribution in [0.3, 0.4) is 0 Å². The molecular formula is C10H8N4O5. The van der Waals surface area contributed by atoms with Crippen LogP contribution in [-0.4, -0.2) is 44.7 Å². The van der Waals surface area contributed by atoms with Crippen molar-refractivity contribution in [2.45, 2.75) is 0 Å². The monoisotopic (exact) mass is 264 g/mol. The minimum atomic E-state index is -1.36. The first kappa shape index (κ1) is 12.5. The van der Waals surface area contributed by atoms with Crippen molar-refractivity contribution >= 4 is 23.5 Å². The molecule has 0 unspecified atom stereocenters. The van der Waals surface area contributed by atoms with Gasteiger partial charge in [-0.25, -0.2) is 19.1 Å². The number of nitrogens with zero attached hydrogens (tertiary/aromatic N) is 3. The lowest BCUT2D eigenvalue weighted by molar-refractivity contribution is 0.0590. The smallest absolute Gasteiger partial charge is 0.356 e. The SMILES string of the molecule is COC(=O)c1cc(C(=O)O)nc2c(C(N)=O)cnn12. The van der Waals surface area contributed by atoms with Gasteiger partial charge in [0.2, 0.25) is 0 Å². The highest BCUT2D eigenvalue weighted by Crippen LogP contribution is 2.13. The first-order valence-corrected chi connectivity index (χ1v) is 4.96. The van der Waals surface area contributed by atoms with Crippen LogP contribution in [-0.2, 0) is 4.74 Å². The number of amides is 1. The van der Waals surface area contributed by atoms with Crippen molar-refractivity contribution in [2.75, 3.05) is 7.11 Å². The molecular weight excluding hydrogens is 256 g/mol. The number of carbonyl (C=O) groups is 3. The summed E-state index contributed by atoms with van der Waals surface area (Å²) in [6, 6.07) is 0.999. The van der Waals surface area contributed by atoms with Crippen LogP contribution in [0.2, 0.25) is 0 Å². The zero-order chi connectivity index (χ0) is 14.2. The van der Waals surface area contributed by atoms with E-state index in [1.807, 2.05) is 0 Å². The third-order valence-corrected chi connectivity index (χ3v) is 2.35. The van der Waals surface area contributed by atoms with Crippen molar-refractivity contribution in [3.63, 3.8) is 0 Å². The lowest BCUT2D eigenvalue weighted by Gasteiger charge is -2.04. The van der Waals surface area contributed by atoms with Crippen LogP contribution in [0.1, 0.15) is 31.3 Å². The van der Waals surface area contributed by atoms with Crippen LogP contribution in [0.4, 0.5) is 0 Å². The molecule has 2 rings (SSSR count). The number of ether oxygens (including phenoxy) is 1. The largest absolute Gasteiger partial charge is 0.477 e. The zero-order valence-electron chi connectivity index (χ0n) is 9.65. The van der Waals surface area contributed by atoms with Gasteiger partial charge in [0.25, 0.3) is 5.91 Å². The molecule has 0 aromatic carbocycles. The average Bonchev–Trinajstić information content (AvgIpc) is 2.80. The third-order valence-electron chi connectivity index (χ3n) is 2.35. The fraction of sp³-hybridized carbons (Fsp3) is 0.100. The first-order valence-electron chi connectivity index (χ1n) is 4.96. The number of hydrogen-bond acceptors (Lipinski definition) is 6. The Morgan fingerprint density at radius 3 is 2.63 bits per heavy atom. The number of aromatic carboxylic acids is 1. The molecule has 0 saturated carbocycles. The Kier molecular flexibility index (Phi) is 2.87. The van der Waals surface area contributed by atoms with Gasteiger partial charge in [-0.05, 0) is 0 Å². The number of hydrogen-bond donors (Lipinski definition) is 2. The van der Waals surface area contributed by atoms with Crippen molar-refractivity contribution < 1.29 is 24.2 Å². The quantitative estimate of drug-likeness (QED) is 0.700. The molecule has 2 aromatic rings. The van der Waals surface area contributed by atoms with Gasteiger partial charge in [-0.3, -0.25) is 4.79 Å². The fourth-order valence-electron chi connectivity index (χ4n) is 1.50. The second kappa shape index (κ2) is 4.37. The zero-order valence-corrected chi connectivity index (χ0v) is 9.65. The minimum Gasteiger partial charge on any atom is -0.477 e. The highest BCUT2D eigenvalue weighted by molar-refractivity contribution is 6.00. The molecule has 2 heterocycles. The minimum absolute atomic E-state index is 0.0896. The molecule has 1 amide bonds. The molecule has 0 aliphatic heterocycles. The van der Waals surface area contributed by atoms with Gasteiger partial charge in [-0.15, -0.1) is 0 Å². The number of aromatic nitrogens is 3. The maximum atomic E-state index is 11.6. The number of methoxy groups -OCH3 is 1. The van der Waals surface area contributed by atoms with Crippen molar-refractivity contribution in [1.29, 1.82) is 0 Å². The Balaban J connectivity index is 2.83. The van der Waals surface area contributed by atoms with Crippen LogP contribution in [0.25, 0.3) is 5.65 Å². The summed E-state index contributed by atoms with van der Waals surface area (Å²) in [5.74, 6) is -3.00. The number of primary amides is 1. The summed E-state index contributed by atoms with van der Waals surface area (Å²) >= 11 is 0. The highest BCUT2D eigenvalue weighted by atomic mass is 16.5. The van der Waals surface area contributed by atoms with Crippen LogP contribution >= 0.6 is 0 Å². The standard InChI is InChI=1S/C10H8N4O5/c1-19-10(18)6-2-5(9(16)17)13-8-4(7(11)15)3-12-14(6)8/h2-3H,1H3,(H2,11,15)(H,16,17). The van der Waals surface area contributed by atoms with Gasteiger partial charge < -0.3 is 15.6 Å². The molecule has 0 spiro atoms. The molecule has 0 saturated heterocycles. The van der Waals surface area contributed by atoms with E-state index >= 15 is 0 Å². The molecule has 9 heteroatoms. The summed E-state index contributed by atoms with van der Waals surface area (Å²) in [7, 11) is 1.13. The predicted molar refractivity (Wildman–Crippen MR) is 59.8 cm³/mol. The molecule has 0 aliphatic rings. The molecule has 2 aromatic heterocycles. The number of carbonyl (C=O) groups excluding carboxylic acids is 2. The normalized spacial score (nSPS) is 10.4.